The maximum atomic E-state index is 14.8. The van der Waals surface area contributed by atoms with E-state index in [2.05, 4.69) is 25.7 Å². The lowest BCUT2D eigenvalue weighted by atomic mass is 9.84. The fraction of sp³-hybridized carbons (Fsp3) is 0.649. The summed E-state index contributed by atoms with van der Waals surface area (Å²) >= 11 is 1.56. The Kier molecular flexibility index (Phi) is 12.5. The van der Waals surface area contributed by atoms with Crippen LogP contribution in [0.15, 0.2) is 35.4 Å². The molecular weight excluding hydrogens is 787 g/mol. The molecule has 0 radical (unpaired) electrons. The minimum absolute atomic E-state index is 0.00612. The molecule has 2 aliphatic heterocycles. The number of aromatic nitrogens is 3. The van der Waals surface area contributed by atoms with E-state index < -0.39 is 93.5 Å². The zero-order valence-corrected chi connectivity index (χ0v) is 33.5. The Balaban J connectivity index is 1.27. The molecule has 16 nitrogen and oxygen atoms in total. The van der Waals surface area contributed by atoms with E-state index in [1.807, 2.05) is 0 Å². The monoisotopic (exact) mass is 836 g/mol. The van der Waals surface area contributed by atoms with Gasteiger partial charge in [0.1, 0.15) is 23.2 Å². The molecule has 2 aromatic rings. The summed E-state index contributed by atoms with van der Waals surface area (Å²) in [6.45, 7) is 3.03. The van der Waals surface area contributed by atoms with Gasteiger partial charge in [-0.1, -0.05) is 37.3 Å². The van der Waals surface area contributed by atoms with Gasteiger partial charge in [0.15, 0.2) is 0 Å². The summed E-state index contributed by atoms with van der Waals surface area (Å²) in [5.74, 6) is -5.91. The molecule has 1 aromatic heterocycles. The van der Waals surface area contributed by atoms with Crippen LogP contribution in [-0.4, -0.2) is 110 Å². The molecule has 0 unspecified atom stereocenters. The normalized spacial score (nSPS) is 23.3. The van der Waals surface area contributed by atoms with Gasteiger partial charge in [0.2, 0.25) is 27.6 Å². The van der Waals surface area contributed by atoms with Gasteiger partial charge in [0.05, 0.1) is 22.8 Å². The molecule has 2 aliphatic carbocycles. The van der Waals surface area contributed by atoms with Crippen molar-refractivity contribution in [3.8, 4) is 0 Å². The molecule has 2 saturated heterocycles. The molecule has 4 fully saturated rings. The zero-order chi connectivity index (χ0) is 41.3. The number of carbonyl (C=O) groups excluding carboxylic acids is 5. The molecule has 1 aromatic carbocycles. The predicted molar refractivity (Wildman–Crippen MR) is 203 cm³/mol. The highest BCUT2D eigenvalue weighted by molar-refractivity contribution is 7.99. The summed E-state index contributed by atoms with van der Waals surface area (Å²) in [6.07, 6.45) is 5.34. The van der Waals surface area contributed by atoms with Gasteiger partial charge in [0.25, 0.3) is 17.7 Å². The smallest absolute Gasteiger partial charge is 0.287 e. The van der Waals surface area contributed by atoms with Crippen LogP contribution < -0.4 is 21.1 Å². The molecule has 4 amide bonds. The van der Waals surface area contributed by atoms with E-state index in [4.69, 9.17) is 5.73 Å². The van der Waals surface area contributed by atoms with Crippen molar-refractivity contribution >= 4 is 51.2 Å². The summed E-state index contributed by atoms with van der Waals surface area (Å²) in [5.41, 5.74) is 2.88. The van der Waals surface area contributed by atoms with Crippen LogP contribution in [0.3, 0.4) is 0 Å². The van der Waals surface area contributed by atoms with Crippen LogP contribution in [0.5, 0.6) is 0 Å². The van der Waals surface area contributed by atoms with E-state index in [1.54, 1.807) is 25.6 Å². The number of Topliss-reactive ketones (excluding diaryl/α,β-unsaturated/α-hetero) is 1. The van der Waals surface area contributed by atoms with E-state index in [9.17, 15) is 46.3 Å². The molecule has 3 atom stereocenters. The number of nitrogens with two attached hydrogens (primary N) is 1. The largest absolute Gasteiger partial charge is 0.384 e. The first-order chi connectivity index (χ1) is 26.8. The van der Waals surface area contributed by atoms with Crippen molar-refractivity contribution in [3.63, 3.8) is 0 Å². The van der Waals surface area contributed by atoms with Gasteiger partial charge in [-0.25, -0.2) is 26.6 Å². The first-order valence-electron chi connectivity index (χ1n) is 19.3. The standard InChI is InChI=1S/C37H50F2N8O8S2/c1-35(2,53)29-20-41-45-47(29)25-17-28(33(51)43-36(30(48)31(40)49)12-14-56-15-13-36)46(21-25)34(52)27(16-22-6-4-3-5-7-22)42-32(50)23-8-10-26(11-9-23)57(54,55)44-24-18-37(38,39)19-24/h8-11,20,22,24-25,27-28,44,53H,3-7,12-19,21H2,1-2H3,(H2,40,49)(H,42,50)(H,43,51)/t25-,27+,28-/m0/s1. The molecule has 3 heterocycles. The number of aliphatic hydroxyl groups is 1. The Bertz CT molecular complexity index is 1950. The van der Waals surface area contributed by atoms with Gasteiger partial charge in [-0.15, -0.1) is 5.10 Å². The van der Waals surface area contributed by atoms with Gasteiger partial charge in [-0.3, -0.25) is 24.0 Å². The van der Waals surface area contributed by atoms with Crippen molar-refractivity contribution < 1.29 is 46.3 Å². The number of sulfonamides is 1. The third kappa shape index (κ3) is 9.66. The predicted octanol–water partition coefficient (Wildman–Crippen LogP) is 1.93. The highest BCUT2D eigenvalue weighted by Crippen LogP contribution is 2.38. The molecule has 57 heavy (non-hydrogen) atoms. The number of hydrogen-bond acceptors (Lipinski definition) is 11. The van der Waals surface area contributed by atoms with Crippen LogP contribution in [0.25, 0.3) is 0 Å². The van der Waals surface area contributed by atoms with Crippen LogP contribution in [0, 0.1) is 5.92 Å². The minimum atomic E-state index is -4.14. The van der Waals surface area contributed by atoms with E-state index >= 15 is 0 Å². The van der Waals surface area contributed by atoms with Crippen molar-refractivity contribution in [2.24, 2.45) is 11.7 Å². The van der Waals surface area contributed by atoms with Crippen molar-refractivity contribution in [2.75, 3.05) is 18.1 Å². The molecule has 312 valence electrons. The summed E-state index contributed by atoms with van der Waals surface area (Å²) < 4.78 is 56.0. The van der Waals surface area contributed by atoms with Crippen LogP contribution in [-0.2, 0) is 34.8 Å². The van der Waals surface area contributed by atoms with Crippen molar-refractivity contribution in [1.82, 2.24) is 35.2 Å². The number of likely N-dealkylation sites (tertiary alicyclic amines) is 1. The molecule has 2 saturated carbocycles. The van der Waals surface area contributed by atoms with E-state index in [-0.39, 0.29) is 48.6 Å². The topological polar surface area (TPSA) is 236 Å². The second-order valence-electron chi connectivity index (χ2n) is 16.3. The number of nitrogens with one attached hydrogen (secondary N) is 3. The van der Waals surface area contributed by atoms with E-state index in [0.717, 1.165) is 32.1 Å². The van der Waals surface area contributed by atoms with Gasteiger partial charge in [-0.05, 0) is 74.8 Å². The summed E-state index contributed by atoms with van der Waals surface area (Å²) in [7, 11) is -4.14. The van der Waals surface area contributed by atoms with Crippen molar-refractivity contribution in [2.45, 2.75) is 131 Å². The molecular formula is C37H50F2N8O8S2. The average molecular weight is 837 g/mol. The fourth-order valence-electron chi connectivity index (χ4n) is 8.36. The zero-order valence-electron chi connectivity index (χ0n) is 31.9. The Hall–Kier alpha value is -4.01. The third-order valence-corrected chi connectivity index (χ3v) is 14.0. The van der Waals surface area contributed by atoms with Crippen molar-refractivity contribution in [3.05, 3.63) is 41.7 Å². The first kappa shape index (κ1) is 42.6. The van der Waals surface area contributed by atoms with Crippen molar-refractivity contribution in [1.29, 1.82) is 0 Å². The summed E-state index contributed by atoms with van der Waals surface area (Å²) in [6, 6.07) is 1.03. The Labute approximate surface area is 333 Å². The van der Waals surface area contributed by atoms with Gasteiger partial charge >= 0.3 is 0 Å². The number of thioether (sulfide) groups is 1. The Morgan fingerprint density at radius 3 is 2.30 bits per heavy atom. The van der Waals surface area contributed by atoms with Gasteiger partial charge in [0, 0.05) is 37.4 Å². The number of hydrogen-bond donors (Lipinski definition) is 5. The van der Waals surface area contributed by atoms with Crippen LogP contribution in [0.1, 0.15) is 107 Å². The molecule has 4 aliphatic rings. The number of nitrogens with zero attached hydrogens (tertiary/aromatic N) is 4. The number of rotatable bonds is 14. The lowest BCUT2D eigenvalue weighted by Gasteiger charge is -2.37. The number of alkyl halides is 2. The molecule has 0 spiro atoms. The van der Waals surface area contributed by atoms with Gasteiger partial charge < -0.3 is 26.4 Å². The summed E-state index contributed by atoms with van der Waals surface area (Å²) in [4.78, 5) is 69.5. The molecule has 6 N–H and O–H groups in total. The number of primary amides is 1. The number of amides is 4. The Morgan fingerprint density at radius 2 is 1.70 bits per heavy atom. The summed E-state index contributed by atoms with van der Waals surface area (Å²) in [5, 5.41) is 24.7. The minimum Gasteiger partial charge on any atom is -0.384 e. The van der Waals surface area contributed by atoms with E-state index in [0.29, 0.717) is 17.2 Å². The number of carbonyl (C=O) groups is 5. The fourth-order valence-corrected chi connectivity index (χ4v) is 10.8. The molecule has 6 rings (SSSR count). The highest BCUT2D eigenvalue weighted by Gasteiger charge is 2.50. The maximum absolute atomic E-state index is 14.8. The number of benzene rings is 1. The lowest BCUT2D eigenvalue weighted by Crippen LogP contribution is -2.63. The van der Waals surface area contributed by atoms with Crippen LogP contribution in [0.2, 0.25) is 0 Å². The second kappa shape index (κ2) is 16.7. The molecule has 0 bridgehead atoms. The lowest BCUT2D eigenvalue weighted by molar-refractivity contribution is -0.145. The Morgan fingerprint density at radius 1 is 1.05 bits per heavy atom. The van der Waals surface area contributed by atoms with E-state index in [1.165, 1.54) is 40.0 Å². The number of halogens is 2. The second-order valence-corrected chi connectivity index (χ2v) is 19.2. The SMILES string of the molecule is CC(C)(O)c1cnnn1[C@H]1C[C@@H](C(=O)NC2(C(=O)C(N)=O)CCSCC2)N(C(=O)[C@@H](CC2CCCCC2)NC(=O)c2ccc(S(=O)(=O)NC3CC(F)(F)C3)cc2)C1. The quantitative estimate of drug-likeness (QED) is 0.173. The molecule has 20 heteroatoms. The van der Waals surface area contributed by atoms with Crippen LogP contribution >= 0.6 is 11.8 Å². The van der Waals surface area contributed by atoms with Gasteiger partial charge in [-0.2, -0.15) is 11.8 Å². The van der Waals surface area contributed by atoms with Crippen LogP contribution in [0.4, 0.5) is 8.78 Å². The number of ketones is 1. The maximum Gasteiger partial charge on any atom is 0.287 e. The highest BCUT2D eigenvalue weighted by atomic mass is 32.2. The average Bonchev–Trinajstić information content (AvgIpc) is 3.83. The third-order valence-electron chi connectivity index (χ3n) is 11.5. The first-order valence-corrected chi connectivity index (χ1v) is 21.9.